The smallest absolute Gasteiger partial charge is 0.276 e. The monoisotopic (exact) mass is 348 g/mol. The number of para-hydroxylation sites is 1. The van der Waals surface area contributed by atoms with Gasteiger partial charge in [-0.05, 0) is 42.5 Å². The van der Waals surface area contributed by atoms with Crippen molar-refractivity contribution in [1.82, 2.24) is 9.78 Å². The van der Waals surface area contributed by atoms with E-state index < -0.39 is 5.91 Å². The highest BCUT2D eigenvalue weighted by Crippen LogP contribution is 2.17. The Morgan fingerprint density at radius 3 is 2.62 bits per heavy atom. The fourth-order valence-electron chi connectivity index (χ4n) is 2.24. The summed E-state index contributed by atoms with van der Waals surface area (Å²) in [6.45, 7) is 0.161. The molecule has 1 amide bonds. The van der Waals surface area contributed by atoms with E-state index in [9.17, 15) is 4.79 Å². The molecular weight excluding hydrogens is 332 g/mol. The fourth-order valence-corrected chi connectivity index (χ4v) is 2.24. The number of rotatable bonds is 6. The van der Waals surface area contributed by atoms with Gasteiger partial charge in [-0.2, -0.15) is 10.4 Å². The molecule has 0 aliphatic heterocycles. The Hall–Kier alpha value is -3.79. The average Bonchev–Trinajstić information content (AvgIpc) is 3.16. The van der Waals surface area contributed by atoms with Gasteiger partial charge in [0.15, 0.2) is 12.4 Å². The van der Waals surface area contributed by atoms with Crippen molar-refractivity contribution in [3.63, 3.8) is 0 Å². The van der Waals surface area contributed by atoms with E-state index in [0.717, 1.165) is 5.75 Å². The van der Waals surface area contributed by atoms with Crippen LogP contribution in [-0.4, -0.2) is 22.8 Å². The number of hydrogen-bond donors (Lipinski definition) is 1. The normalized spacial score (nSPS) is 10.0. The van der Waals surface area contributed by atoms with Crippen LogP contribution in [0.4, 0.5) is 5.69 Å². The lowest BCUT2D eigenvalue weighted by molar-refractivity contribution is 0.102. The van der Waals surface area contributed by atoms with Crippen LogP contribution < -0.4 is 14.8 Å². The molecule has 0 atom stereocenters. The van der Waals surface area contributed by atoms with E-state index in [-0.39, 0.29) is 12.4 Å². The number of anilines is 1. The second-order valence-electron chi connectivity index (χ2n) is 5.30. The molecule has 0 aliphatic rings. The van der Waals surface area contributed by atoms with Gasteiger partial charge in [0.1, 0.15) is 17.6 Å². The van der Waals surface area contributed by atoms with Gasteiger partial charge in [0.25, 0.3) is 5.91 Å². The number of nitrogens with one attached hydrogen (secondary N) is 1. The van der Waals surface area contributed by atoms with E-state index in [1.54, 1.807) is 67.9 Å². The Morgan fingerprint density at radius 2 is 1.88 bits per heavy atom. The number of carbonyl (C=O) groups excluding carboxylic acids is 1. The summed E-state index contributed by atoms with van der Waals surface area (Å²) in [5, 5.41) is 15.9. The maximum absolute atomic E-state index is 12.3. The van der Waals surface area contributed by atoms with Gasteiger partial charge < -0.3 is 14.8 Å². The first kappa shape index (κ1) is 17.0. The molecule has 7 nitrogen and oxygen atoms in total. The zero-order chi connectivity index (χ0) is 18.4. The first-order valence-corrected chi connectivity index (χ1v) is 7.80. The Morgan fingerprint density at radius 1 is 1.15 bits per heavy atom. The lowest BCUT2D eigenvalue weighted by atomic mass is 10.2. The molecule has 0 saturated carbocycles. The minimum absolute atomic E-state index is 0.161. The first-order chi connectivity index (χ1) is 12.7. The van der Waals surface area contributed by atoms with Crippen LogP contribution in [0.3, 0.4) is 0 Å². The third-order valence-corrected chi connectivity index (χ3v) is 3.59. The molecule has 0 unspecified atom stereocenters. The summed E-state index contributed by atoms with van der Waals surface area (Å²) in [5.74, 6) is 1.01. The van der Waals surface area contributed by atoms with Gasteiger partial charge >= 0.3 is 0 Å². The second-order valence-corrected chi connectivity index (χ2v) is 5.30. The van der Waals surface area contributed by atoms with E-state index in [1.165, 1.54) is 4.68 Å². The highest BCUT2D eigenvalue weighted by molar-refractivity contribution is 6.03. The van der Waals surface area contributed by atoms with E-state index >= 15 is 0 Å². The molecule has 3 aromatic rings. The summed E-state index contributed by atoms with van der Waals surface area (Å²) in [4.78, 5) is 12.3. The van der Waals surface area contributed by atoms with Crippen molar-refractivity contribution in [2.45, 2.75) is 6.73 Å². The summed E-state index contributed by atoms with van der Waals surface area (Å²) < 4.78 is 12.2. The maximum atomic E-state index is 12.3. The summed E-state index contributed by atoms with van der Waals surface area (Å²) in [6, 6.07) is 17.6. The number of methoxy groups -OCH3 is 1. The van der Waals surface area contributed by atoms with Crippen molar-refractivity contribution in [3.8, 4) is 17.6 Å². The van der Waals surface area contributed by atoms with E-state index in [2.05, 4.69) is 10.4 Å². The van der Waals surface area contributed by atoms with Crippen LogP contribution in [0, 0.1) is 11.3 Å². The molecule has 0 fully saturated rings. The number of hydrogen-bond acceptors (Lipinski definition) is 5. The molecule has 1 N–H and O–H groups in total. The van der Waals surface area contributed by atoms with Crippen molar-refractivity contribution in [2.24, 2.45) is 0 Å². The van der Waals surface area contributed by atoms with Gasteiger partial charge in [-0.25, -0.2) is 4.68 Å². The van der Waals surface area contributed by atoms with Gasteiger partial charge in [-0.1, -0.05) is 12.1 Å². The van der Waals surface area contributed by atoms with Gasteiger partial charge in [0.05, 0.1) is 18.4 Å². The molecule has 26 heavy (non-hydrogen) atoms. The highest BCUT2D eigenvalue weighted by atomic mass is 16.5. The minimum atomic E-state index is -0.393. The SMILES string of the molecule is COc1ccc(OCn2ccc(C(=O)Nc3ccccc3C#N)n2)cc1. The Kier molecular flexibility index (Phi) is 5.15. The van der Waals surface area contributed by atoms with Crippen molar-refractivity contribution in [3.05, 3.63) is 72.1 Å². The van der Waals surface area contributed by atoms with Crippen molar-refractivity contribution >= 4 is 11.6 Å². The number of aromatic nitrogens is 2. The predicted octanol–water partition coefficient (Wildman–Crippen LogP) is 3.05. The molecule has 0 saturated heterocycles. The molecule has 2 aromatic carbocycles. The van der Waals surface area contributed by atoms with Gasteiger partial charge in [0.2, 0.25) is 0 Å². The van der Waals surface area contributed by atoms with Crippen LogP contribution in [-0.2, 0) is 6.73 Å². The second kappa shape index (κ2) is 7.85. The highest BCUT2D eigenvalue weighted by Gasteiger charge is 2.12. The summed E-state index contributed by atoms with van der Waals surface area (Å²) in [7, 11) is 1.60. The average molecular weight is 348 g/mol. The summed E-state index contributed by atoms with van der Waals surface area (Å²) in [5.41, 5.74) is 1.07. The largest absolute Gasteiger partial charge is 0.497 e. The van der Waals surface area contributed by atoms with Crippen LogP contribution in [0.25, 0.3) is 0 Å². The van der Waals surface area contributed by atoms with Crippen LogP contribution in [0.1, 0.15) is 16.1 Å². The fraction of sp³-hybridized carbons (Fsp3) is 0.105. The minimum Gasteiger partial charge on any atom is -0.497 e. The lowest BCUT2D eigenvalue weighted by Gasteiger charge is -2.07. The van der Waals surface area contributed by atoms with Gasteiger partial charge in [-0.3, -0.25) is 4.79 Å². The number of nitriles is 1. The number of amides is 1. The predicted molar refractivity (Wildman–Crippen MR) is 95.0 cm³/mol. The third-order valence-electron chi connectivity index (χ3n) is 3.59. The van der Waals surface area contributed by atoms with Gasteiger partial charge in [0, 0.05) is 6.20 Å². The van der Waals surface area contributed by atoms with E-state index in [4.69, 9.17) is 14.7 Å². The maximum Gasteiger partial charge on any atom is 0.276 e. The standard InChI is InChI=1S/C19H16N4O3/c1-25-15-6-8-16(9-7-15)26-13-23-11-10-18(22-23)19(24)21-17-5-3-2-4-14(17)12-20/h2-11H,13H2,1H3,(H,21,24). The van der Waals surface area contributed by atoms with Crippen molar-refractivity contribution in [1.29, 1.82) is 5.26 Å². The Bertz CT molecular complexity index is 942. The number of nitrogens with zero attached hydrogens (tertiary/aromatic N) is 3. The van der Waals surface area contributed by atoms with Crippen LogP contribution in [0.2, 0.25) is 0 Å². The van der Waals surface area contributed by atoms with Crippen LogP contribution in [0.5, 0.6) is 11.5 Å². The third kappa shape index (κ3) is 3.99. The lowest BCUT2D eigenvalue weighted by Crippen LogP contribution is -2.15. The molecule has 130 valence electrons. The van der Waals surface area contributed by atoms with Crippen LogP contribution >= 0.6 is 0 Å². The first-order valence-electron chi connectivity index (χ1n) is 7.80. The molecule has 0 radical (unpaired) electrons. The molecule has 1 aromatic heterocycles. The number of carbonyl (C=O) groups is 1. The molecular formula is C19H16N4O3. The topological polar surface area (TPSA) is 89.2 Å². The quantitative estimate of drug-likeness (QED) is 0.739. The van der Waals surface area contributed by atoms with E-state index in [1.807, 2.05) is 6.07 Å². The summed E-state index contributed by atoms with van der Waals surface area (Å²) in [6.07, 6.45) is 1.65. The summed E-state index contributed by atoms with van der Waals surface area (Å²) >= 11 is 0. The molecule has 0 bridgehead atoms. The molecule has 0 spiro atoms. The molecule has 7 heteroatoms. The Balaban J connectivity index is 1.61. The molecule has 1 heterocycles. The Labute approximate surface area is 150 Å². The van der Waals surface area contributed by atoms with Crippen molar-refractivity contribution in [2.75, 3.05) is 12.4 Å². The number of benzene rings is 2. The van der Waals surface area contributed by atoms with E-state index in [0.29, 0.717) is 17.0 Å². The zero-order valence-electron chi connectivity index (χ0n) is 14.0. The molecule has 0 aliphatic carbocycles. The van der Waals surface area contributed by atoms with Gasteiger partial charge in [-0.15, -0.1) is 0 Å². The van der Waals surface area contributed by atoms with Crippen LogP contribution in [0.15, 0.2) is 60.8 Å². The molecule has 3 rings (SSSR count). The zero-order valence-corrected chi connectivity index (χ0v) is 14.0. The number of ether oxygens (including phenoxy) is 2. The van der Waals surface area contributed by atoms with Crippen molar-refractivity contribution < 1.29 is 14.3 Å².